The third kappa shape index (κ3) is 2.63. The summed E-state index contributed by atoms with van der Waals surface area (Å²) >= 11 is 0. The fourth-order valence-corrected chi connectivity index (χ4v) is 2.41. The maximum absolute atomic E-state index is 12.5. The maximum atomic E-state index is 12.5. The van der Waals surface area contributed by atoms with Gasteiger partial charge in [0.25, 0.3) is 5.69 Å². The van der Waals surface area contributed by atoms with Gasteiger partial charge in [-0.25, -0.2) is 0 Å². The number of carbonyl (C=O) groups is 2. The summed E-state index contributed by atoms with van der Waals surface area (Å²) in [6, 6.07) is 10.3. The Balaban J connectivity index is 1.99. The van der Waals surface area contributed by atoms with Crippen molar-refractivity contribution in [2.75, 3.05) is 7.11 Å². The molecule has 7 heteroatoms. The van der Waals surface area contributed by atoms with Crippen molar-refractivity contribution in [3.05, 3.63) is 69.9 Å². The molecule has 0 saturated heterocycles. The molecule has 0 amide bonds. The second-order valence-corrected chi connectivity index (χ2v) is 5.08. The van der Waals surface area contributed by atoms with E-state index in [-0.39, 0.29) is 16.8 Å². The zero-order chi connectivity index (χ0) is 17.3. The number of H-pyrrole nitrogens is 1. The molecule has 0 saturated carbocycles. The molecule has 0 bridgehead atoms. The summed E-state index contributed by atoms with van der Waals surface area (Å²) in [6.45, 7) is 0. The van der Waals surface area contributed by atoms with E-state index < -0.39 is 16.5 Å². The van der Waals surface area contributed by atoms with Crippen molar-refractivity contribution < 1.29 is 19.2 Å². The molecule has 1 N–H and O–H groups in total. The Morgan fingerprint density at radius 3 is 2.42 bits per heavy atom. The van der Waals surface area contributed by atoms with E-state index >= 15 is 0 Å². The van der Waals surface area contributed by atoms with Gasteiger partial charge in [0, 0.05) is 34.8 Å². The number of non-ortho nitro benzene ring substituents is 1. The fraction of sp³-hybridized carbons (Fsp3) is 0.0588. The standard InChI is InChI=1S/C17H12N2O5/c1-24-12-5-2-10(3-6-12)16(20)17(21)14-9-18-15-7-4-11(19(22)23)8-13(14)15/h2-9,18H,1H3. The first kappa shape index (κ1) is 15.4. The summed E-state index contributed by atoms with van der Waals surface area (Å²) in [7, 11) is 1.50. The number of hydrogen-bond acceptors (Lipinski definition) is 5. The van der Waals surface area contributed by atoms with Gasteiger partial charge in [-0.3, -0.25) is 19.7 Å². The van der Waals surface area contributed by atoms with E-state index in [1.54, 1.807) is 12.1 Å². The minimum atomic E-state index is -0.730. The number of aromatic amines is 1. The second-order valence-electron chi connectivity index (χ2n) is 5.08. The van der Waals surface area contributed by atoms with Gasteiger partial charge < -0.3 is 9.72 Å². The number of carbonyl (C=O) groups excluding carboxylic acids is 2. The molecule has 0 fully saturated rings. The summed E-state index contributed by atoms with van der Waals surface area (Å²) in [5.41, 5.74) is 0.731. The maximum Gasteiger partial charge on any atom is 0.270 e. The molecule has 0 unspecified atom stereocenters. The number of benzene rings is 2. The van der Waals surface area contributed by atoms with E-state index in [1.807, 2.05) is 0 Å². The smallest absolute Gasteiger partial charge is 0.270 e. The van der Waals surface area contributed by atoms with Crippen LogP contribution in [0.15, 0.2) is 48.7 Å². The molecular formula is C17H12N2O5. The first-order valence-electron chi connectivity index (χ1n) is 7.00. The first-order chi connectivity index (χ1) is 11.5. The van der Waals surface area contributed by atoms with Gasteiger partial charge in [-0.2, -0.15) is 0 Å². The molecule has 0 aliphatic heterocycles. The summed E-state index contributed by atoms with van der Waals surface area (Å²) < 4.78 is 5.01. The van der Waals surface area contributed by atoms with Crippen molar-refractivity contribution in [3.63, 3.8) is 0 Å². The van der Waals surface area contributed by atoms with Crippen LogP contribution in [-0.2, 0) is 0 Å². The molecule has 0 aliphatic carbocycles. The van der Waals surface area contributed by atoms with Crippen LogP contribution in [0.4, 0.5) is 5.69 Å². The zero-order valence-corrected chi connectivity index (χ0v) is 12.6. The molecule has 0 radical (unpaired) electrons. The quantitative estimate of drug-likeness (QED) is 0.336. The number of nitrogens with one attached hydrogen (secondary N) is 1. The first-order valence-corrected chi connectivity index (χ1v) is 7.00. The Kier molecular flexibility index (Phi) is 3.83. The highest BCUT2D eigenvalue weighted by atomic mass is 16.6. The van der Waals surface area contributed by atoms with E-state index in [0.717, 1.165) is 0 Å². The molecule has 0 aliphatic rings. The normalized spacial score (nSPS) is 10.5. The Labute approximate surface area is 136 Å². The average Bonchev–Trinajstić information content (AvgIpc) is 3.03. The predicted octanol–water partition coefficient (Wildman–Crippen LogP) is 3.15. The summed E-state index contributed by atoms with van der Waals surface area (Å²) in [4.78, 5) is 38.0. The number of nitro groups is 1. The van der Waals surface area contributed by atoms with Gasteiger partial charge in [-0.15, -0.1) is 0 Å². The molecule has 3 rings (SSSR count). The lowest BCUT2D eigenvalue weighted by Crippen LogP contribution is -2.14. The second kappa shape index (κ2) is 5.96. The SMILES string of the molecule is COc1ccc(C(=O)C(=O)c2c[nH]c3ccc([N+](=O)[O-])cc23)cc1. The Bertz CT molecular complexity index is 957. The van der Waals surface area contributed by atoms with Gasteiger partial charge in [-0.1, -0.05) is 0 Å². The number of methoxy groups -OCH3 is 1. The topological polar surface area (TPSA) is 102 Å². The van der Waals surface area contributed by atoms with E-state index in [1.165, 1.54) is 43.6 Å². The predicted molar refractivity (Wildman–Crippen MR) is 86.6 cm³/mol. The molecule has 0 spiro atoms. The highest BCUT2D eigenvalue weighted by Crippen LogP contribution is 2.25. The van der Waals surface area contributed by atoms with Crippen molar-refractivity contribution in [2.24, 2.45) is 0 Å². The van der Waals surface area contributed by atoms with Crippen molar-refractivity contribution in [3.8, 4) is 5.75 Å². The van der Waals surface area contributed by atoms with Crippen LogP contribution in [0, 0.1) is 10.1 Å². The number of hydrogen-bond donors (Lipinski definition) is 1. The minimum Gasteiger partial charge on any atom is -0.497 e. The largest absolute Gasteiger partial charge is 0.497 e. The monoisotopic (exact) mass is 324 g/mol. The van der Waals surface area contributed by atoms with E-state index in [0.29, 0.717) is 16.7 Å². The summed E-state index contributed by atoms with van der Waals surface area (Å²) in [5, 5.41) is 11.2. The van der Waals surface area contributed by atoms with Crippen LogP contribution in [0.2, 0.25) is 0 Å². The van der Waals surface area contributed by atoms with Gasteiger partial charge in [0.05, 0.1) is 17.6 Å². The average molecular weight is 324 g/mol. The van der Waals surface area contributed by atoms with Crippen molar-refractivity contribution in [1.82, 2.24) is 4.98 Å². The molecule has 0 atom stereocenters. The molecule has 2 aromatic carbocycles. The van der Waals surface area contributed by atoms with Crippen LogP contribution >= 0.6 is 0 Å². The minimum absolute atomic E-state index is 0.106. The number of Topliss-reactive ketones (excluding diaryl/α,β-unsaturated/α-hetero) is 2. The number of rotatable bonds is 5. The lowest BCUT2D eigenvalue weighted by atomic mass is 10.0. The molecule has 3 aromatic rings. The number of ether oxygens (including phenoxy) is 1. The summed E-state index contributed by atoms with van der Waals surface area (Å²) in [6.07, 6.45) is 1.39. The molecular weight excluding hydrogens is 312 g/mol. The number of ketones is 2. The number of nitrogens with zero attached hydrogens (tertiary/aromatic N) is 1. The highest BCUT2D eigenvalue weighted by Gasteiger charge is 2.22. The van der Waals surface area contributed by atoms with Gasteiger partial charge in [0.2, 0.25) is 11.6 Å². The molecule has 7 nitrogen and oxygen atoms in total. The van der Waals surface area contributed by atoms with Gasteiger partial charge in [0.1, 0.15) is 5.75 Å². The van der Waals surface area contributed by atoms with Crippen molar-refractivity contribution in [2.45, 2.75) is 0 Å². The molecule has 120 valence electrons. The van der Waals surface area contributed by atoms with Gasteiger partial charge >= 0.3 is 0 Å². The van der Waals surface area contributed by atoms with Crippen LogP contribution in [0.1, 0.15) is 20.7 Å². The number of fused-ring (bicyclic) bond motifs is 1. The van der Waals surface area contributed by atoms with Gasteiger partial charge in [-0.05, 0) is 30.3 Å². The molecule has 24 heavy (non-hydrogen) atoms. The van der Waals surface area contributed by atoms with Crippen LogP contribution < -0.4 is 4.74 Å². The highest BCUT2D eigenvalue weighted by molar-refractivity contribution is 6.50. The van der Waals surface area contributed by atoms with E-state index in [2.05, 4.69) is 4.98 Å². The lowest BCUT2D eigenvalue weighted by molar-refractivity contribution is -0.384. The Morgan fingerprint density at radius 1 is 1.08 bits per heavy atom. The zero-order valence-electron chi connectivity index (χ0n) is 12.6. The third-order valence-electron chi connectivity index (χ3n) is 3.68. The fourth-order valence-electron chi connectivity index (χ4n) is 2.41. The molecule has 1 aromatic heterocycles. The van der Waals surface area contributed by atoms with Crippen LogP contribution in [0.5, 0.6) is 5.75 Å². The number of nitro benzene ring substituents is 1. The van der Waals surface area contributed by atoms with Crippen LogP contribution in [-0.4, -0.2) is 28.6 Å². The lowest BCUT2D eigenvalue weighted by Gasteiger charge is -2.02. The van der Waals surface area contributed by atoms with Crippen LogP contribution in [0.3, 0.4) is 0 Å². The molecule has 1 heterocycles. The van der Waals surface area contributed by atoms with E-state index in [4.69, 9.17) is 4.74 Å². The van der Waals surface area contributed by atoms with Crippen molar-refractivity contribution >= 4 is 28.2 Å². The summed E-state index contributed by atoms with van der Waals surface area (Å²) in [5.74, 6) is -0.848. The van der Waals surface area contributed by atoms with Crippen molar-refractivity contribution in [1.29, 1.82) is 0 Å². The Hall–Kier alpha value is -3.48. The van der Waals surface area contributed by atoms with E-state index in [9.17, 15) is 19.7 Å². The third-order valence-corrected chi connectivity index (χ3v) is 3.68. The number of aromatic nitrogens is 1. The van der Waals surface area contributed by atoms with Crippen LogP contribution in [0.25, 0.3) is 10.9 Å². The Morgan fingerprint density at radius 2 is 1.79 bits per heavy atom. The van der Waals surface area contributed by atoms with Gasteiger partial charge in [0.15, 0.2) is 0 Å².